The van der Waals surface area contributed by atoms with E-state index in [1.54, 1.807) is 32.0 Å². The van der Waals surface area contributed by atoms with Gasteiger partial charge in [0.25, 0.3) is 0 Å². The Morgan fingerprint density at radius 2 is 2.15 bits per heavy atom. The predicted molar refractivity (Wildman–Crippen MR) is 77.2 cm³/mol. The lowest BCUT2D eigenvalue weighted by Crippen LogP contribution is -2.06. The molecule has 0 saturated heterocycles. The van der Waals surface area contributed by atoms with Crippen molar-refractivity contribution in [1.29, 1.82) is 5.26 Å². The van der Waals surface area contributed by atoms with E-state index in [9.17, 15) is 9.90 Å². The van der Waals surface area contributed by atoms with E-state index in [4.69, 9.17) is 14.7 Å². The highest BCUT2D eigenvalue weighted by molar-refractivity contribution is 9.10. The Balaban J connectivity index is 3.19. The van der Waals surface area contributed by atoms with E-state index in [1.807, 2.05) is 0 Å². The molecule has 0 unspecified atom stereocenters. The third-order valence-electron chi connectivity index (χ3n) is 2.28. The van der Waals surface area contributed by atoms with Gasteiger partial charge in [-0.15, -0.1) is 0 Å². The largest absolute Gasteiger partial charge is 0.503 e. The molecule has 5 nitrogen and oxygen atoms in total. The van der Waals surface area contributed by atoms with Gasteiger partial charge in [-0.2, -0.15) is 5.26 Å². The lowest BCUT2D eigenvalue weighted by molar-refractivity contribution is -0.137. The molecule has 0 spiro atoms. The van der Waals surface area contributed by atoms with E-state index >= 15 is 0 Å². The number of aromatic hydroxyl groups is 1. The predicted octanol–water partition coefficient (Wildman–Crippen LogP) is 3.02. The fraction of sp³-hybridized carbons (Fsp3) is 0.286. The topological polar surface area (TPSA) is 79.6 Å². The van der Waals surface area contributed by atoms with Crippen LogP contribution in [0.4, 0.5) is 0 Å². The van der Waals surface area contributed by atoms with Crippen LogP contribution in [0.15, 0.2) is 22.2 Å². The number of nitriles is 1. The summed E-state index contributed by atoms with van der Waals surface area (Å²) in [6.07, 6.45) is 1.38. The number of ether oxygens (including phenoxy) is 2. The van der Waals surface area contributed by atoms with E-state index in [0.29, 0.717) is 16.6 Å². The Morgan fingerprint density at radius 1 is 1.45 bits per heavy atom. The van der Waals surface area contributed by atoms with E-state index in [2.05, 4.69) is 15.9 Å². The van der Waals surface area contributed by atoms with Gasteiger partial charge in [0, 0.05) is 0 Å². The van der Waals surface area contributed by atoms with Crippen molar-refractivity contribution in [2.75, 3.05) is 13.2 Å². The first-order valence-corrected chi connectivity index (χ1v) is 6.77. The fourth-order valence-corrected chi connectivity index (χ4v) is 1.91. The standard InChI is InChI=1S/C14H14BrNO4/c1-3-19-12-7-9(6-11(15)13(12)17)5-10(8-16)14(18)20-4-2/h5-7,17H,3-4H2,1-2H3/b10-5+. The SMILES string of the molecule is CCOC(=O)/C(C#N)=C/c1cc(Br)c(O)c(OCC)c1. The zero-order valence-corrected chi connectivity index (χ0v) is 12.7. The lowest BCUT2D eigenvalue weighted by Gasteiger charge is -2.09. The Labute approximate surface area is 125 Å². The van der Waals surface area contributed by atoms with Crippen LogP contribution in [-0.4, -0.2) is 24.3 Å². The van der Waals surface area contributed by atoms with Crippen LogP contribution in [0.5, 0.6) is 11.5 Å². The summed E-state index contributed by atoms with van der Waals surface area (Å²) in [5.74, 6) is -0.440. The molecule has 0 bridgehead atoms. The van der Waals surface area contributed by atoms with Gasteiger partial charge in [-0.05, 0) is 53.5 Å². The van der Waals surface area contributed by atoms with Crippen molar-refractivity contribution in [3.05, 3.63) is 27.7 Å². The smallest absolute Gasteiger partial charge is 0.348 e. The third kappa shape index (κ3) is 4.00. The maximum absolute atomic E-state index is 11.5. The van der Waals surface area contributed by atoms with Crippen molar-refractivity contribution < 1.29 is 19.4 Å². The number of esters is 1. The summed E-state index contributed by atoms with van der Waals surface area (Å²) in [6.45, 7) is 4.03. The molecule has 106 valence electrons. The first-order valence-electron chi connectivity index (χ1n) is 5.97. The normalized spacial score (nSPS) is 10.8. The average Bonchev–Trinajstić information content (AvgIpc) is 2.42. The van der Waals surface area contributed by atoms with Crippen LogP contribution in [0.3, 0.4) is 0 Å². The summed E-state index contributed by atoms with van der Waals surface area (Å²) < 4.78 is 10.5. The summed E-state index contributed by atoms with van der Waals surface area (Å²) in [4.78, 5) is 11.5. The van der Waals surface area contributed by atoms with Gasteiger partial charge in [0.1, 0.15) is 11.6 Å². The second-order valence-corrected chi connectivity index (χ2v) is 4.53. The molecule has 0 fully saturated rings. The van der Waals surface area contributed by atoms with E-state index in [0.717, 1.165) is 0 Å². The molecular formula is C14H14BrNO4. The van der Waals surface area contributed by atoms with Crippen molar-refractivity contribution in [1.82, 2.24) is 0 Å². The Hall–Kier alpha value is -2.00. The lowest BCUT2D eigenvalue weighted by atomic mass is 10.1. The van der Waals surface area contributed by atoms with Crippen LogP contribution in [0.2, 0.25) is 0 Å². The molecule has 1 N–H and O–H groups in total. The molecule has 6 heteroatoms. The molecule has 0 heterocycles. The highest BCUT2D eigenvalue weighted by Gasteiger charge is 2.12. The molecule has 1 rings (SSSR count). The molecule has 20 heavy (non-hydrogen) atoms. The highest BCUT2D eigenvalue weighted by atomic mass is 79.9. The van der Waals surface area contributed by atoms with Crippen molar-refractivity contribution in [3.8, 4) is 17.6 Å². The molecule has 0 aliphatic carbocycles. The van der Waals surface area contributed by atoms with Gasteiger partial charge in [0.15, 0.2) is 11.5 Å². The van der Waals surface area contributed by atoms with Gasteiger partial charge in [0.05, 0.1) is 17.7 Å². The zero-order valence-electron chi connectivity index (χ0n) is 11.1. The molecule has 1 aromatic rings. The second-order valence-electron chi connectivity index (χ2n) is 3.67. The highest BCUT2D eigenvalue weighted by Crippen LogP contribution is 2.36. The maximum Gasteiger partial charge on any atom is 0.348 e. The Bertz CT molecular complexity index is 575. The number of halogens is 1. The number of rotatable bonds is 5. The van der Waals surface area contributed by atoms with Gasteiger partial charge in [-0.1, -0.05) is 0 Å². The number of phenols is 1. The second kappa shape index (κ2) is 7.56. The number of hydrogen-bond donors (Lipinski definition) is 1. The molecule has 0 aliphatic rings. The minimum Gasteiger partial charge on any atom is -0.503 e. The number of benzene rings is 1. The van der Waals surface area contributed by atoms with E-state index in [-0.39, 0.29) is 23.7 Å². The average molecular weight is 340 g/mol. The van der Waals surface area contributed by atoms with Crippen LogP contribution in [0.1, 0.15) is 19.4 Å². The number of hydrogen-bond acceptors (Lipinski definition) is 5. The molecule has 0 saturated carbocycles. The van der Waals surface area contributed by atoms with Crippen LogP contribution >= 0.6 is 15.9 Å². The summed E-state index contributed by atoms with van der Waals surface area (Å²) in [6, 6.07) is 4.91. The van der Waals surface area contributed by atoms with Gasteiger partial charge in [0.2, 0.25) is 0 Å². The number of nitrogens with zero attached hydrogens (tertiary/aromatic N) is 1. The molecule has 0 aliphatic heterocycles. The Kier molecular flexibility index (Phi) is 6.07. The molecule has 0 radical (unpaired) electrons. The van der Waals surface area contributed by atoms with Crippen LogP contribution in [-0.2, 0) is 9.53 Å². The summed E-state index contributed by atoms with van der Waals surface area (Å²) in [7, 11) is 0. The molecule has 1 aromatic carbocycles. The zero-order chi connectivity index (χ0) is 15.1. The minimum absolute atomic E-state index is 0.0290. The van der Waals surface area contributed by atoms with Crippen LogP contribution < -0.4 is 4.74 Å². The first-order chi connectivity index (χ1) is 9.53. The van der Waals surface area contributed by atoms with Gasteiger partial charge < -0.3 is 14.6 Å². The van der Waals surface area contributed by atoms with Crippen LogP contribution in [0.25, 0.3) is 6.08 Å². The third-order valence-corrected chi connectivity index (χ3v) is 2.88. The molecule has 0 amide bonds. The summed E-state index contributed by atoms with van der Waals surface area (Å²) in [5, 5.41) is 18.8. The van der Waals surface area contributed by atoms with E-state index in [1.165, 1.54) is 6.08 Å². The van der Waals surface area contributed by atoms with Crippen molar-refractivity contribution in [2.45, 2.75) is 13.8 Å². The number of phenolic OH excluding ortho intramolecular Hbond substituents is 1. The summed E-state index contributed by atoms with van der Waals surface area (Å²) in [5.41, 5.74) is 0.426. The quantitative estimate of drug-likeness (QED) is 0.506. The van der Waals surface area contributed by atoms with E-state index < -0.39 is 5.97 Å². The molecular weight excluding hydrogens is 326 g/mol. The maximum atomic E-state index is 11.5. The number of carbonyl (C=O) groups is 1. The monoisotopic (exact) mass is 339 g/mol. The van der Waals surface area contributed by atoms with Crippen molar-refractivity contribution >= 4 is 28.0 Å². The first kappa shape index (κ1) is 16.1. The molecule has 0 aromatic heterocycles. The van der Waals surface area contributed by atoms with Crippen LogP contribution in [0, 0.1) is 11.3 Å². The fourth-order valence-electron chi connectivity index (χ4n) is 1.45. The Morgan fingerprint density at radius 3 is 2.70 bits per heavy atom. The number of carbonyl (C=O) groups excluding carboxylic acids is 1. The van der Waals surface area contributed by atoms with Crippen molar-refractivity contribution in [2.24, 2.45) is 0 Å². The van der Waals surface area contributed by atoms with Crippen molar-refractivity contribution in [3.63, 3.8) is 0 Å². The van der Waals surface area contributed by atoms with Gasteiger partial charge in [-0.25, -0.2) is 4.79 Å². The molecule has 0 atom stereocenters. The summed E-state index contributed by atoms with van der Waals surface area (Å²) >= 11 is 3.19. The minimum atomic E-state index is -0.683. The van der Waals surface area contributed by atoms with Gasteiger partial charge >= 0.3 is 5.97 Å². The van der Waals surface area contributed by atoms with Gasteiger partial charge in [-0.3, -0.25) is 0 Å².